The lowest BCUT2D eigenvalue weighted by Crippen LogP contribution is -2.40. The highest BCUT2D eigenvalue weighted by molar-refractivity contribution is 14.0. The van der Waals surface area contributed by atoms with Gasteiger partial charge >= 0.3 is 0 Å². The summed E-state index contributed by atoms with van der Waals surface area (Å²) < 4.78 is 5.57. The highest BCUT2D eigenvalue weighted by atomic mass is 127. The molecule has 0 atom stereocenters. The van der Waals surface area contributed by atoms with Gasteiger partial charge in [0, 0.05) is 37.8 Å². The van der Waals surface area contributed by atoms with E-state index in [1.54, 1.807) is 7.05 Å². The molecule has 0 unspecified atom stereocenters. The number of benzene rings is 1. The fourth-order valence-corrected chi connectivity index (χ4v) is 3.00. The van der Waals surface area contributed by atoms with Gasteiger partial charge in [0.25, 0.3) is 0 Å². The predicted octanol–water partition coefficient (Wildman–Crippen LogP) is 3.88. The Labute approximate surface area is 179 Å². The molecule has 6 heteroatoms. The number of hydrogen-bond donors (Lipinski definition) is 2. The molecule has 1 aromatic carbocycles. The molecule has 0 amide bonds. The summed E-state index contributed by atoms with van der Waals surface area (Å²) in [5.74, 6) is 1.47. The highest BCUT2D eigenvalue weighted by Gasteiger charge is 2.43. The molecular formula is C21H29IN4O. The summed E-state index contributed by atoms with van der Waals surface area (Å²) in [4.78, 5) is 8.67. The Morgan fingerprint density at radius 2 is 1.89 bits per heavy atom. The number of rotatable bonds is 7. The van der Waals surface area contributed by atoms with Crippen molar-refractivity contribution < 1.29 is 4.74 Å². The third-order valence-electron chi connectivity index (χ3n) is 4.67. The summed E-state index contributed by atoms with van der Waals surface area (Å²) in [6, 6.07) is 14.7. The molecule has 0 radical (unpaired) electrons. The number of aliphatic imine (C=N–C) groups is 1. The minimum Gasteiger partial charge on any atom is -0.475 e. The van der Waals surface area contributed by atoms with E-state index in [0.29, 0.717) is 12.4 Å². The lowest BCUT2D eigenvalue weighted by molar-refractivity contribution is 0.232. The van der Waals surface area contributed by atoms with E-state index in [2.05, 4.69) is 50.9 Å². The van der Waals surface area contributed by atoms with Crippen molar-refractivity contribution in [3.8, 4) is 5.88 Å². The molecule has 0 bridgehead atoms. The van der Waals surface area contributed by atoms with Gasteiger partial charge in [0.2, 0.25) is 5.88 Å². The molecule has 146 valence electrons. The van der Waals surface area contributed by atoms with E-state index in [4.69, 9.17) is 4.74 Å². The van der Waals surface area contributed by atoms with Gasteiger partial charge in [0.1, 0.15) is 0 Å². The van der Waals surface area contributed by atoms with Crippen LogP contribution in [0.15, 0.2) is 53.7 Å². The van der Waals surface area contributed by atoms with Crippen molar-refractivity contribution in [1.29, 1.82) is 0 Å². The number of pyridine rings is 1. The lowest BCUT2D eigenvalue weighted by Gasteiger charge is -2.19. The van der Waals surface area contributed by atoms with E-state index >= 15 is 0 Å². The van der Waals surface area contributed by atoms with Gasteiger partial charge in [-0.25, -0.2) is 4.98 Å². The van der Waals surface area contributed by atoms with Crippen LogP contribution >= 0.6 is 24.0 Å². The van der Waals surface area contributed by atoms with Crippen LogP contribution in [0.1, 0.15) is 37.8 Å². The van der Waals surface area contributed by atoms with Crippen molar-refractivity contribution in [2.24, 2.45) is 4.99 Å². The van der Waals surface area contributed by atoms with Crippen LogP contribution in [0.2, 0.25) is 0 Å². The molecule has 1 aliphatic carbocycles. The second-order valence-corrected chi connectivity index (χ2v) is 7.10. The Morgan fingerprint density at radius 1 is 1.15 bits per heavy atom. The van der Waals surface area contributed by atoms with Crippen LogP contribution < -0.4 is 15.4 Å². The van der Waals surface area contributed by atoms with E-state index in [0.717, 1.165) is 18.1 Å². The maximum atomic E-state index is 5.57. The van der Waals surface area contributed by atoms with Crippen LogP contribution in [-0.2, 0) is 12.0 Å². The van der Waals surface area contributed by atoms with Crippen molar-refractivity contribution >= 4 is 29.9 Å². The van der Waals surface area contributed by atoms with Gasteiger partial charge in [-0.15, -0.1) is 24.0 Å². The zero-order valence-corrected chi connectivity index (χ0v) is 18.6. The largest absolute Gasteiger partial charge is 0.475 e. The van der Waals surface area contributed by atoms with Crippen molar-refractivity contribution in [3.63, 3.8) is 0 Å². The first kappa shape index (κ1) is 21.5. The molecule has 1 aromatic heterocycles. The summed E-state index contributed by atoms with van der Waals surface area (Å²) in [7, 11) is 1.80. The van der Waals surface area contributed by atoms with Crippen molar-refractivity contribution in [3.05, 3.63) is 59.8 Å². The third kappa shape index (κ3) is 6.09. The predicted molar refractivity (Wildman–Crippen MR) is 121 cm³/mol. The quantitative estimate of drug-likeness (QED) is 0.359. The highest BCUT2D eigenvalue weighted by Crippen LogP contribution is 2.47. The van der Waals surface area contributed by atoms with Crippen LogP contribution in [0.25, 0.3) is 0 Å². The number of aromatic nitrogens is 1. The Hall–Kier alpha value is -1.83. The molecule has 1 heterocycles. The monoisotopic (exact) mass is 480 g/mol. The van der Waals surface area contributed by atoms with Crippen molar-refractivity contribution in [2.75, 3.05) is 13.6 Å². The van der Waals surface area contributed by atoms with Gasteiger partial charge in [-0.05, 0) is 37.8 Å². The zero-order chi connectivity index (χ0) is 18.4. The maximum absolute atomic E-state index is 5.57. The molecule has 5 nitrogen and oxygen atoms in total. The van der Waals surface area contributed by atoms with Gasteiger partial charge in [0.05, 0.1) is 6.10 Å². The first-order valence-corrected chi connectivity index (χ1v) is 9.23. The molecule has 1 fully saturated rings. The van der Waals surface area contributed by atoms with Gasteiger partial charge < -0.3 is 15.4 Å². The van der Waals surface area contributed by atoms with Crippen LogP contribution in [0.4, 0.5) is 0 Å². The van der Waals surface area contributed by atoms with Gasteiger partial charge in [-0.2, -0.15) is 0 Å². The molecule has 0 aliphatic heterocycles. The Balaban J connectivity index is 0.00000261. The molecule has 3 rings (SSSR count). The molecule has 2 aromatic rings. The molecule has 1 aliphatic rings. The average Bonchev–Trinajstić information content (AvgIpc) is 3.45. The number of guanidine groups is 1. The van der Waals surface area contributed by atoms with E-state index in [-0.39, 0.29) is 35.5 Å². The van der Waals surface area contributed by atoms with E-state index in [1.165, 1.54) is 18.4 Å². The number of ether oxygens (including phenoxy) is 1. The fraction of sp³-hybridized carbons (Fsp3) is 0.429. The van der Waals surface area contributed by atoms with Crippen molar-refractivity contribution in [1.82, 2.24) is 15.6 Å². The van der Waals surface area contributed by atoms with E-state index < -0.39 is 0 Å². The molecule has 2 N–H and O–H groups in total. The first-order valence-electron chi connectivity index (χ1n) is 9.23. The lowest BCUT2D eigenvalue weighted by atomic mass is 9.96. The molecule has 1 saturated carbocycles. The second-order valence-electron chi connectivity index (χ2n) is 7.10. The maximum Gasteiger partial charge on any atom is 0.213 e. The first-order chi connectivity index (χ1) is 12.6. The molecule has 0 spiro atoms. The summed E-state index contributed by atoms with van der Waals surface area (Å²) in [5.41, 5.74) is 2.76. The minimum absolute atomic E-state index is 0. The van der Waals surface area contributed by atoms with Gasteiger partial charge in [-0.1, -0.05) is 36.4 Å². The number of nitrogens with zero attached hydrogens (tertiary/aromatic N) is 2. The number of nitrogens with one attached hydrogen (secondary N) is 2. The summed E-state index contributed by atoms with van der Waals surface area (Å²) in [5, 5.41) is 6.83. The van der Waals surface area contributed by atoms with Gasteiger partial charge in [-0.3, -0.25) is 4.99 Å². The minimum atomic E-state index is 0. The van der Waals surface area contributed by atoms with Gasteiger partial charge in [0.15, 0.2) is 5.96 Å². The topological polar surface area (TPSA) is 58.5 Å². The number of halogens is 1. The number of hydrogen-bond acceptors (Lipinski definition) is 3. The third-order valence-corrected chi connectivity index (χ3v) is 4.67. The van der Waals surface area contributed by atoms with Crippen LogP contribution in [0.5, 0.6) is 5.88 Å². The smallest absolute Gasteiger partial charge is 0.213 e. The summed E-state index contributed by atoms with van der Waals surface area (Å²) in [6.45, 7) is 5.56. The summed E-state index contributed by atoms with van der Waals surface area (Å²) in [6.07, 6.45) is 4.42. The standard InChI is InChI=1S/C21H28N4O.HI/c1-16(2)26-19-10-9-17(13-23-19)14-24-20(22-3)25-15-21(11-12-21)18-7-5-4-6-8-18;/h4-10,13,16H,11-12,14-15H2,1-3H3,(H2,22,24,25);1H. The Bertz CT molecular complexity index is 728. The summed E-state index contributed by atoms with van der Waals surface area (Å²) >= 11 is 0. The van der Waals surface area contributed by atoms with Crippen LogP contribution in [0, 0.1) is 0 Å². The van der Waals surface area contributed by atoms with Crippen LogP contribution in [0.3, 0.4) is 0 Å². The Kier molecular flexibility index (Phi) is 7.89. The van der Waals surface area contributed by atoms with Crippen LogP contribution in [-0.4, -0.2) is 30.6 Å². The molecular weight excluding hydrogens is 451 g/mol. The van der Waals surface area contributed by atoms with E-state index in [1.807, 2.05) is 32.2 Å². The normalized spacial score (nSPS) is 15.0. The molecule has 0 saturated heterocycles. The average molecular weight is 480 g/mol. The van der Waals surface area contributed by atoms with Crippen molar-refractivity contribution in [2.45, 2.75) is 44.8 Å². The fourth-order valence-electron chi connectivity index (χ4n) is 3.00. The van der Waals surface area contributed by atoms with E-state index in [9.17, 15) is 0 Å². The zero-order valence-electron chi connectivity index (χ0n) is 16.2. The Morgan fingerprint density at radius 3 is 2.44 bits per heavy atom. The SMILES string of the molecule is CN=C(NCc1ccc(OC(C)C)nc1)NCC1(c2ccccc2)CC1.I. The molecule has 27 heavy (non-hydrogen) atoms. The second kappa shape index (κ2) is 9.92.